The van der Waals surface area contributed by atoms with Crippen molar-refractivity contribution in [3.8, 4) is 6.07 Å². The van der Waals surface area contributed by atoms with Gasteiger partial charge in [-0.3, -0.25) is 9.69 Å². The van der Waals surface area contributed by atoms with E-state index in [1.54, 1.807) is 6.20 Å². The number of nitrogens with zero attached hydrogens (tertiary/aromatic N) is 2. The molecule has 1 N–H and O–H groups in total. The van der Waals surface area contributed by atoms with Crippen LogP contribution in [0.15, 0.2) is 41.3 Å². The molecule has 4 nitrogen and oxygen atoms in total. The van der Waals surface area contributed by atoms with Crippen LogP contribution < -0.4 is 5.56 Å². The van der Waals surface area contributed by atoms with Gasteiger partial charge in [0.15, 0.2) is 0 Å². The maximum atomic E-state index is 11.9. The first-order valence-corrected chi connectivity index (χ1v) is 11.0. The molecule has 2 aromatic rings. The second-order valence-electron chi connectivity index (χ2n) is 8.47. The topological polar surface area (TPSA) is 59.9 Å². The zero-order valence-electron chi connectivity index (χ0n) is 17.8. The van der Waals surface area contributed by atoms with E-state index in [1.165, 1.54) is 37.7 Å². The molecule has 3 rings (SSSR count). The number of aromatic nitrogens is 1. The standard InChI is InChI=1S/C25H33N3O/c1-3-21(22-9-10-23(17-26)19(2)16-22)7-4-6-20-11-14-28(15-12-20)18-24-8-5-13-27-25(24)29/h5,8-10,13,16,20-21H,3-4,6-7,11-12,14-15,18H2,1-2H3,(H,27,29). The molecule has 29 heavy (non-hydrogen) atoms. The quantitative estimate of drug-likeness (QED) is 0.678. The largest absolute Gasteiger partial charge is 0.329 e. The second kappa shape index (κ2) is 10.4. The number of H-pyrrole nitrogens is 1. The van der Waals surface area contributed by atoms with Crippen molar-refractivity contribution in [1.82, 2.24) is 9.88 Å². The van der Waals surface area contributed by atoms with Crippen LogP contribution in [0.2, 0.25) is 0 Å². The lowest BCUT2D eigenvalue weighted by atomic mass is 9.86. The van der Waals surface area contributed by atoms with Crippen molar-refractivity contribution < 1.29 is 0 Å². The summed E-state index contributed by atoms with van der Waals surface area (Å²) in [6, 6.07) is 12.4. The number of nitrogens with one attached hydrogen (secondary N) is 1. The first-order chi connectivity index (χ1) is 14.1. The van der Waals surface area contributed by atoms with Crippen LogP contribution in [0.1, 0.15) is 73.6 Å². The zero-order valence-corrected chi connectivity index (χ0v) is 17.8. The minimum absolute atomic E-state index is 0.0401. The molecule has 1 aliphatic heterocycles. The highest BCUT2D eigenvalue weighted by Crippen LogP contribution is 2.30. The Morgan fingerprint density at radius 3 is 2.72 bits per heavy atom. The summed E-state index contributed by atoms with van der Waals surface area (Å²) < 4.78 is 0. The molecule has 1 atom stereocenters. The Bertz CT molecular complexity index is 887. The Balaban J connectivity index is 1.43. The molecule has 0 saturated carbocycles. The molecule has 1 fully saturated rings. The molecular formula is C25H33N3O. The molecule has 2 heterocycles. The maximum Gasteiger partial charge on any atom is 0.252 e. The Morgan fingerprint density at radius 2 is 2.07 bits per heavy atom. The molecule has 1 saturated heterocycles. The van der Waals surface area contributed by atoms with E-state index < -0.39 is 0 Å². The van der Waals surface area contributed by atoms with Gasteiger partial charge in [0.05, 0.1) is 11.6 Å². The van der Waals surface area contributed by atoms with E-state index in [0.717, 1.165) is 48.7 Å². The lowest BCUT2D eigenvalue weighted by molar-refractivity contribution is 0.169. The van der Waals surface area contributed by atoms with Gasteiger partial charge in [0, 0.05) is 18.3 Å². The van der Waals surface area contributed by atoms with Crippen molar-refractivity contribution in [3.63, 3.8) is 0 Å². The number of nitriles is 1. The lowest BCUT2D eigenvalue weighted by Gasteiger charge is -2.32. The molecule has 0 bridgehead atoms. The molecule has 4 heteroatoms. The summed E-state index contributed by atoms with van der Waals surface area (Å²) >= 11 is 0. The van der Waals surface area contributed by atoms with Crippen molar-refractivity contribution in [1.29, 1.82) is 5.26 Å². The SMILES string of the molecule is CCC(CCCC1CCN(Cc2ccc[nH]c2=O)CC1)c1ccc(C#N)c(C)c1. The highest BCUT2D eigenvalue weighted by molar-refractivity contribution is 5.40. The Kier molecular flexibility index (Phi) is 7.66. The number of rotatable bonds is 8. The van der Waals surface area contributed by atoms with E-state index in [2.05, 4.69) is 35.0 Å². The van der Waals surface area contributed by atoms with Crippen LogP contribution >= 0.6 is 0 Å². The van der Waals surface area contributed by atoms with Gasteiger partial charge >= 0.3 is 0 Å². The molecule has 0 radical (unpaired) electrons. The Morgan fingerprint density at radius 1 is 1.28 bits per heavy atom. The average molecular weight is 392 g/mol. The van der Waals surface area contributed by atoms with E-state index in [9.17, 15) is 4.79 Å². The molecular weight excluding hydrogens is 358 g/mol. The third kappa shape index (κ3) is 5.81. The van der Waals surface area contributed by atoms with Crippen molar-refractivity contribution in [2.75, 3.05) is 13.1 Å². The van der Waals surface area contributed by atoms with Gasteiger partial charge in [0.25, 0.3) is 5.56 Å². The molecule has 154 valence electrons. The van der Waals surface area contributed by atoms with Gasteiger partial charge in [-0.25, -0.2) is 0 Å². The van der Waals surface area contributed by atoms with Crippen LogP contribution in [0.3, 0.4) is 0 Å². The van der Waals surface area contributed by atoms with Crippen LogP contribution in [-0.4, -0.2) is 23.0 Å². The zero-order chi connectivity index (χ0) is 20.6. The average Bonchev–Trinajstić information content (AvgIpc) is 2.74. The monoisotopic (exact) mass is 391 g/mol. The molecule has 0 spiro atoms. The third-order valence-corrected chi connectivity index (χ3v) is 6.50. The number of aryl methyl sites for hydroxylation is 1. The lowest BCUT2D eigenvalue weighted by Crippen LogP contribution is -2.34. The van der Waals surface area contributed by atoms with Gasteiger partial charge in [-0.15, -0.1) is 0 Å². The minimum Gasteiger partial charge on any atom is -0.329 e. The molecule has 0 amide bonds. The summed E-state index contributed by atoms with van der Waals surface area (Å²) in [5, 5.41) is 9.14. The molecule has 1 aromatic carbocycles. The number of pyridine rings is 1. The molecule has 1 unspecified atom stereocenters. The fourth-order valence-electron chi connectivity index (χ4n) is 4.58. The summed E-state index contributed by atoms with van der Waals surface area (Å²) in [4.78, 5) is 17.0. The fraction of sp³-hybridized carbons (Fsp3) is 0.520. The third-order valence-electron chi connectivity index (χ3n) is 6.50. The highest BCUT2D eigenvalue weighted by Gasteiger charge is 2.20. The van der Waals surface area contributed by atoms with E-state index in [1.807, 2.05) is 25.1 Å². The van der Waals surface area contributed by atoms with Crippen molar-refractivity contribution >= 4 is 0 Å². The molecule has 1 aliphatic rings. The predicted octanol–water partition coefficient (Wildman–Crippen LogP) is 5.13. The molecule has 1 aromatic heterocycles. The predicted molar refractivity (Wildman–Crippen MR) is 118 cm³/mol. The number of hydrogen-bond donors (Lipinski definition) is 1. The van der Waals surface area contributed by atoms with Gasteiger partial charge < -0.3 is 4.98 Å². The van der Waals surface area contributed by atoms with Gasteiger partial charge in [-0.2, -0.15) is 5.26 Å². The first-order valence-electron chi connectivity index (χ1n) is 11.0. The van der Waals surface area contributed by atoms with Gasteiger partial charge in [-0.05, 0) is 80.8 Å². The van der Waals surface area contributed by atoms with E-state index in [-0.39, 0.29) is 5.56 Å². The number of piperidine rings is 1. The number of benzene rings is 1. The van der Waals surface area contributed by atoms with Crippen molar-refractivity contribution in [2.24, 2.45) is 5.92 Å². The minimum atomic E-state index is 0.0401. The summed E-state index contributed by atoms with van der Waals surface area (Å²) in [6.07, 6.45) is 9.10. The van der Waals surface area contributed by atoms with Crippen LogP contribution in [0.4, 0.5) is 0 Å². The van der Waals surface area contributed by atoms with E-state index >= 15 is 0 Å². The smallest absolute Gasteiger partial charge is 0.252 e. The summed E-state index contributed by atoms with van der Waals surface area (Å²) in [5.41, 5.74) is 4.17. The van der Waals surface area contributed by atoms with Crippen LogP contribution in [-0.2, 0) is 6.54 Å². The summed E-state index contributed by atoms with van der Waals surface area (Å²) in [6.45, 7) is 7.24. The van der Waals surface area contributed by atoms with Gasteiger partial charge in [0.2, 0.25) is 0 Å². The number of hydrogen-bond acceptors (Lipinski definition) is 3. The van der Waals surface area contributed by atoms with Gasteiger partial charge in [-0.1, -0.05) is 38.0 Å². The number of likely N-dealkylation sites (tertiary alicyclic amines) is 1. The number of aromatic amines is 1. The normalized spacial score (nSPS) is 16.4. The first kappa shape index (κ1) is 21.3. The maximum absolute atomic E-state index is 11.9. The fourth-order valence-corrected chi connectivity index (χ4v) is 4.58. The summed E-state index contributed by atoms with van der Waals surface area (Å²) in [5.74, 6) is 1.40. The second-order valence-corrected chi connectivity index (χ2v) is 8.47. The van der Waals surface area contributed by atoms with Crippen molar-refractivity contribution in [3.05, 3.63) is 69.1 Å². The van der Waals surface area contributed by atoms with E-state index in [4.69, 9.17) is 5.26 Å². The highest BCUT2D eigenvalue weighted by atomic mass is 16.1. The van der Waals surface area contributed by atoms with E-state index in [0.29, 0.717) is 5.92 Å². The Hall–Kier alpha value is -2.38. The Labute approximate surface area is 174 Å². The van der Waals surface area contributed by atoms with Crippen LogP contribution in [0, 0.1) is 24.2 Å². The molecule has 0 aliphatic carbocycles. The van der Waals surface area contributed by atoms with Crippen LogP contribution in [0.25, 0.3) is 0 Å². The van der Waals surface area contributed by atoms with Crippen molar-refractivity contribution in [2.45, 2.75) is 64.8 Å². The van der Waals surface area contributed by atoms with Gasteiger partial charge in [0.1, 0.15) is 0 Å². The summed E-state index contributed by atoms with van der Waals surface area (Å²) in [7, 11) is 0. The van der Waals surface area contributed by atoms with Crippen LogP contribution in [0.5, 0.6) is 0 Å².